The molecule has 0 aromatic heterocycles. The molecule has 9 N–H and O–H groups in total. The van der Waals surface area contributed by atoms with Gasteiger partial charge in [-0.05, 0) is 51.4 Å². The van der Waals surface area contributed by atoms with Crippen LogP contribution in [0.2, 0.25) is 0 Å². The van der Waals surface area contributed by atoms with E-state index >= 15 is 0 Å². The first-order chi connectivity index (χ1) is 27.1. The molecule has 0 radical (unpaired) electrons. The Balaban J connectivity index is 4.05. The van der Waals surface area contributed by atoms with Gasteiger partial charge in [0.1, 0.15) is 12.1 Å². The molecule has 0 rings (SSSR count). The fraction of sp³-hybridized carbons (Fsp3) is 0.757. The van der Waals surface area contributed by atoms with Gasteiger partial charge in [0.15, 0.2) is 0 Å². The van der Waals surface area contributed by atoms with Gasteiger partial charge in [-0.1, -0.05) is 26.2 Å². The summed E-state index contributed by atoms with van der Waals surface area (Å²) in [6, 6.07) is -2.88. The summed E-state index contributed by atoms with van der Waals surface area (Å²) >= 11 is 0. The molecule has 0 aliphatic rings. The second-order valence-electron chi connectivity index (χ2n) is 13.5. The molecule has 0 unspecified atom stereocenters. The minimum atomic E-state index is -1.47. The van der Waals surface area contributed by atoms with E-state index in [0.717, 1.165) is 19.3 Å². The summed E-state index contributed by atoms with van der Waals surface area (Å²) in [7, 11) is 0. The van der Waals surface area contributed by atoms with Crippen molar-refractivity contribution in [2.45, 2.75) is 128 Å². The molecule has 0 saturated heterocycles. The summed E-state index contributed by atoms with van der Waals surface area (Å²) in [6.45, 7) is 4.15. The smallest absolute Gasteiger partial charge is 0.326 e. The number of rotatable bonds is 37. The number of carbonyl (C=O) groups excluding carboxylic acids is 5. The van der Waals surface area contributed by atoms with Gasteiger partial charge < -0.3 is 56.5 Å². The van der Waals surface area contributed by atoms with Crippen LogP contribution in [0.1, 0.15) is 116 Å². The normalized spacial score (nSPS) is 12.4. The molecular weight excluding hydrogens is 754 g/mol. The Labute approximate surface area is 332 Å². The number of amides is 5. The number of ether oxygens (including phenoxy) is 2. The van der Waals surface area contributed by atoms with Crippen LogP contribution in [-0.4, -0.2) is 132 Å². The molecular formula is C37H63N5O15. The lowest BCUT2D eigenvalue weighted by molar-refractivity contribution is -0.143. The van der Waals surface area contributed by atoms with Crippen molar-refractivity contribution in [3.63, 3.8) is 0 Å². The molecule has 326 valence electrons. The highest BCUT2D eigenvalue weighted by molar-refractivity contribution is 5.88. The topological polar surface area (TPSA) is 313 Å². The zero-order chi connectivity index (χ0) is 42.8. The van der Waals surface area contributed by atoms with Crippen LogP contribution in [0.3, 0.4) is 0 Å². The molecule has 0 fully saturated rings. The number of hydrogen-bond donors (Lipinski definition) is 9. The van der Waals surface area contributed by atoms with Crippen molar-refractivity contribution in [3.05, 3.63) is 0 Å². The van der Waals surface area contributed by atoms with E-state index in [0.29, 0.717) is 77.9 Å². The second kappa shape index (κ2) is 33.3. The van der Waals surface area contributed by atoms with Crippen molar-refractivity contribution in [3.8, 4) is 0 Å². The highest BCUT2D eigenvalue weighted by Crippen LogP contribution is 2.08. The monoisotopic (exact) mass is 817 g/mol. The van der Waals surface area contributed by atoms with E-state index in [1.165, 1.54) is 0 Å². The second-order valence-corrected chi connectivity index (χ2v) is 13.5. The predicted molar refractivity (Wildman–Crippen MR) is 203 cm³/mol. The highest BCUT2D eigenvalue weighted by atomic mass is 16.5. The van der Waals surface area contributed by atoms with Crippen LogP contribution in [0.4, 0.5) is 0 Å². The molecule has 5 amide bonds. The van der Waals surface area contributed by atoms with Crippen LogP contribution in [0, 0.1) is 5.92 Å². The summed E-state index contributed by atoms with van der Waals surface area (Å²) in [6.07, 6.45) is 4.50. The maximum absolute atomic E-state index is 12.4. The number of carboxylic acids is 4. The predicted octanol–water partition coefficient (Wildman–Crippen LogP) is 0.944. The largest absolute Gasteiger partial charge is 0.481 e. The molecule has 0 aliphatic carbocycles. The van der Waals surface area contributed by atoms with Crippen LogP contribution in [0.15, 0.2) is 0 Å². The summed E-state index contributed by atoms with van der Waals surface area (Å²) in [5.41, 5.74) is 0. The van der Waals surface area contributed by atoms with Gasteiger partial charge in [0.05, 0.1) is 19.1 Å². The van der Waals surface area contributed by atoms with E-state index < -0.39 is 71.9 Å². The number of unbranched alkanes of at least 4 members (excludes halogenated alkanes) is 4. The maximum Gasteiger partial charge on any atom is 0.326 e. The van der Waals surface area contributed by atoms with Crippen LogP contribution in [0.5, 0.6) is 0 Å². The van der Waals surface area contributed by atoms with Crippen LogP contribution < -0.4 is 26.6 Å². The molecule has 20 heteroatoms. The third-order valence-corrected chi connectivity index (χ3v) is 8.47. The Kier molecular flexibility index (Phi) is 30.5. The Morgan fingerprint density at radius 3 is 1.33 bits per heavy atom. The Bertz CT molecular complexity index is 1270. The van der Waals surface area contributed by atoms with Crippen molar-refractivity contribution in [2.24, 2.45) is 5.92 Å². The van der Waals surface area contributed by atoms with Crippen molar-refractivity contribution in [1.29, 1.82) is 0 Å². The van der Waals surface area contributed by atoms with E-state index in [-0.39, 0.29) is 57.5 Å². The number of nitrogens with one attached hydrogen (secondary N) is 5. The third-order valence-electron chi connectivity index (χ3n) is 8.47. The van der Waals surface area contributed by atoms with E-state index in [9.17, 15) is 53.4 Å². The van der Waals surface area contributed by atoms with Gasteiger partial charge >= 0.3 is 23.9 Å². The van der Waals surface area contributed by atoms with Crippen molar-refractivity contribution < 1.29 is 73.1 Å². The van der Waals surface area contributed by atoms with Crippen molar-refractivity contribution in [2.75, 3.05) is 46.1 Å². The van der Waals surface area contributed by atoms with E-state index in [1.54, 1.807) is 6.92 Å². The summed E-state index contributed by atoms with van der Waals surface area (Å²) in [5.74, 6) is -7.45. The Morgan fingerprint density at radius 1 is 0.421 bits per heavy atom. The Hall–Kier alpha value is -4.85. The number of hydrogen-bond acceptors (Lipinski definition) is 11. The quantitative estimate of drug-likeness (QED) is 0.0394. The molecule has 0 saturated carbocycles. The molecule has 0 bridgehead atoms. The molecule has 0 heterocycles. The van der Waals surface area contributed by atoms with Crippen molar-refractivity contribution >= 4 is 53.4 Å². The van der Waals surface area contributed by atoms with E-state index in [2.05, 4.69) is 26.6 Å². The summed E-state index contributed by atoms with van der Waals surface area (Å²) in [4.78, 5) is 105. The number of carbonyl (C=O) groups is 9. The van der Waals surface area contributed by atoms with Gasteiger partial charge in [0, 0.05) is 71.4 Å². The van der Waals surface area contributed by atoms with Gasteiger partial charge in [-0.3, -0.25) is 33.6 Å². The van der Waals surface area contributed by atoms with Crippen molar-refractivity contribution in [1.82, 2.24) is 26.6 Å². The number of aliphatic carboxylic acids is 4. The van der Waals surface area contributed by atoms with Gasteiger partial charge in [0.2, 0.25) is 29.5 Å². The molecule has 0 aromatic carbocycles. The molecule has 0 spiro atoms. The maximum atomic E-state index is 12.4. The van der Waals surface area contributed by atoms with Crippen LogP contribution >= 0.6 is 0 Å². The third kappa shape index (κ3) is 32.0. The summed E-state index contributed by atoms with van der Waals surface area (Å²) in [5, 5.41) is 49.0. The van der Waals surface area contributed by atoms with E-state index in [1.807, 2.05) is 0 Å². The van der Waals surface area contributed by atoms with Crippen LogP contribution in [-0.2, 0) is 52.6 Å². The van der Waals surface area contributed by atoms with Crippen LogP contribution in [0.25, 0.3) is 0 Å². The molecule has 57 heavy (non-hydrogen) atoms. The molecule has 3 atom stereocenters. The molecule has 20 nitrogen and oxygen atoms in total. The first-order valence-corrected chi connectivity index (χ1v) is 19.6. The minimum absolute atomic E-state index is 0.0432. The minimum Gasteiger partial charge on any atom is -0.481 e. The average Bonchev–Trinajstić information content (AvgIpc) is 3.15. The van der Waals surface area contributed by atoms with Gasteiger partial charge in [-0.25, -0.2) is 9.59 Å². The zero-order valence-electron chi connectivity index (χ0n) is 33.0. The lowest BCUT2D eigenvalue weighted by Gasteiger charge is -2.17. The first kappa shape index (κ1) is 52.2. The lowest BCUT2D eigenvalue weighted by Crippen LogP contribution is -2.44. The SMILES string of the molecule is C[C@@H](CCCCNC(=O)CC[C@H](NC(=O)CC[C@H](NC(=O)CCC(=O)NCCCOCCOCCCNC(=O)CCCCCCC(=O)O)C(=O)O)C(=O)O)C(=O)O. The first-order valence-electron chi connectivity index (χ1n) is 19.6. The number of carboxylic acid groups (broad SMARTS) is 4. The molecule has 0 aliphatic heterocycles. The molecule has 0 aromatic rings. The average molecular weight is 818 g/mol. The standard InChI is InChI=1S/C37H63N5O15/c1-26(35(50)51)10-6-7-19-38-30(44)15-13-27(36(52)53)41-32(46)16-14-28(37(54)55)42-33(47)18-17-31(45)40-21-9-23-57-25-24-56-22-8-20-39-29(43)11-4-2-3-5-12-34(48)49/h26-28H,2-25H2,1H3,(H,38,44)(H,39,43)(H,40,45)(H,41,46)(H,42,47)(H,48,49)(H,50,51)(H,52,53)(H,54,55)/t26-,27-,28-/m0/s1. The fourth-order valence-electron chi connectivity index (χ4n) is 5.06. The Morgan fingerprint density at radius 2 is 0.842 bits per heavy atom. The summed E-state index contributed by atoms with van der Waals surface area (Å²) < 4.78 is 10.9. The van der Waals surface area contributed by atoms with E-state index in [4.69, 9.17) is 19.7 Å². The fourth-order valence-corrected chi connectivity index (χ4v) is 5.06. The lowest BCUT2D eigenvalue weighted by atomic mass is 10.0. The van der Waals surface area contributed by atoms with Gasteiger partial charge in [0.25, 0.3) is 0 Å². The highest BCUT2D eigenvalue weighted by Gasteiger charge is 2.25. The zero-order valence-corrected chi connectivity index (χ0v) is 33.0. The van der Waals surface area contributed by atoms with Gasteiger partial charge in [-0.2, -0.15) is 0 Å². The van der Waals surface area contributed by atoms with Gasteiger partial charge in [-0.15, -0.1) is 0 Å².